The molecule has 0 radical (unpaired) electrons. The molecule has 2 unspecified atom stereocenters. The van der Waals surface area contributed by atoms with Crippen molar-refractivity contribution in [1.82, 2.24) is 5.32 Å². The average Bonchev–Trinajstić information content (AvgIpc) is 2.41. The van der Waals surface area contributed by atoms with Crippen LogP contribution in [-0.2, 0) is 16.1 Å². The van der Waals surface area contributed by atoms with Crippen molar-refractivity contribution in [2.75, 3.05) is 26.3 Å². The first-order valence-corrected chi connectivity index (χ1v) is 7.32. The summed E-state index contributed by atoms with van der Waals surface area (Å²) in [6, 6.07) is 7.53. The van der Waals surface area contributed by atoms with Gasteiger partial charge in [0.25, 0.3) is 0 Å². The molecular formula is C15H24ClNO3. The lowest BCUT2D eigenvalue weighted by Crippen LogP contribution is -2.35. The highest BCUT2D eigenvalue weighted by atomic mass is 35.5. The van der Waals surface area contributed by atoms with E-state index in [0.29, 0.717) is 24.8 Å². The van der Waals surface area contributed by atoms with Crippen LogP contribution in [0.5, 0.6) is 0 Å². The van der Waals surface area contributed by atoms with Crippen LogP contribution in [0.25, 0.3) is 0 Å². The number of rotatable bonds is 10. The Morgan fingerprint density at radius 1 is 1.30 bits per heavy atom. The van der Waals surface area contributed by atoms with E-state index in [0.717, 1.165) is 12.1 Å². The van der Waals surface area contributed by atoms with Gasteiger partial charge in [0, 0.05) is 24.7 Å². The second-order valence-corrected chi connectivity index (χ2v) is 5.09. The summed E-state index contributed by atoms with van der Waals surface area (Å²) in [7, 11) is 0. The molecular weight excluding hydrogens is 278 g/mol. The van der Waals surface area contributed by atoms with Gasteiger partial charge in [-0.15, -0.1) is 0 Å². The van der Waals surface area contributed by atoms with Crippen LogP contribution in [0.2, 0.25) is 5.02 Å². The van der Waals surface area contributed by atoms with E-state index in [1.54, 1.807) is 0 Å². The van der Waals surface area contributed by atoms with Crippen LogP contribution < -0.4 is 5.32 Å². The molecule has 0 spiro atoms. The number of aliphatic hydroxyl groups is 1. The lowest BCUT2D eigenvalue weighted by Gasteiger charge is -2.15. The van der Waals surface area contributed by atoms with Crippen LogP contribution >= 0.6 is 11.6 Å². The van der Waals surface area contributed by atoms with Crippen LogP contribution in [-0.4, -0.2) is 43.6 Å². The minimum Gasteiger partial charge on any atom is -0.389 e. The fraction of sp³-hybridized carbons (Fsp3) is 0.600. The van der Waals surface area contributed by atoms with E-state index in [4.69, 9.17) is 21.1 Å². The Kier molecular flexibility index (Phi) is 8.82. The molecule has 0 fully saturated rings. The summed E-state index contributed by atoms with van der Waals surface area (Å²) in [5.74, 6) is 0. The molecule has 1 rings (SSSR count). The molecule has 4 nitrogen and oxygen atoms in total. The van der Waals surface area contributed by atoms with Crippen LogP contribution in [0.3, 0.4) is 0 Å². The molecule has 0 aliphatic carbocycles. The van der Waals surface area contributed by atoms with Crippen LogP contribution in [0.15, 0.2) is 24.3 Å². The number of hydrogen-bond donors (Lipinski definition) is 2. The molecule has 2 N–H and O–H groups in total. The normalized spacial score (nSPS) is 14.2. The molecule has 2 atom stereocenters. The third-order valence-corrected chi connectivity index (χ3v) is 3.16. The molecule has 5 heteroatoms. The number of benzene rings is 1. The van der Waals surface area contributed by atoms with E-state index < -0.39 is 6.10 Å². The topological polar surface area (TPSA) is 50.7 Å². The third-order valence-electron chi connectivity index (χ3n) is 2.79. The van der Waals surface area contributed by atoms with E-state index >= 15 is 0 Å². The Morgan fingerprint density at radius 2 is 2.05 bits per heavy atom. The van der Waals surface area contributed by atoms with Gasteiger partial charge in [-0.05, 0) is 25.5 Å². The summed E-state index contributed by atoms with van der Waals surface area (Å²) < 4.78 is 10.8. The van der Waals surface area contributed by atoms with Crippen molar-refractivity contribution in [3.63, 3.8) is 0 Å². The summed E-state index contributed by atoms with van der Waals surface area (Å²) in [5.41, 5.74) is 0.930. The Bertz CT molecular complexity index is 376. The standard InChI is InChI=1S/C15H24ClNO3/c1-3-20-12(2)8-17-9-14(18)11-19-10-13-6-4-5-7-15(13)16/h4-7,12,14,17-18H,3,8-11H2,1-2H3. The Balaban J connectivity index is 2.11. The fourth-order valence-electron chi connectivity index (χ4n) is 1.78. The fourth-order valence-corrected chi connectivity index (χ4v) is 1.97. The van der Waals surface area contributed by atoms with E-state index in [1.807, 2.05) is 38.1 Å². The Morgan fingerprint density at radius 3 is 2.75 bits per heavy atom. The molecule has 0 aromatic heterocycles. The predicted molar refractivity (Wildman–Crippen MR) is 81.1 cm³/mol. The summed E-state index contributed by atoms with van der Waals surface area (Å²) in [6.45, 7) is 6.56. The monoisotopic (exact) mass is 301 g/mol. The molecule has 0 amide bonds. The SMILES string of the molecule is CCOC(C)CNCC(O)COCc1ccccc1Cl. The molecule has 0 aliphatic rings. The molecule has 0 saturated carbocycles. The second kappa shape index (κ2) is 10.1. The van der Waals surface area contributed by atoms with Gasteiger partial charge >= 0.3 is 0 Å². The van der Waals surface area contributed by atoms with Gasteiger partial charge in [0.1, 0.15) is 0 Å². The van der Waals surface area contributed by atoms with Crippen molar-refractivity contribution in [2.24, 2.45) is 0 Å². The highest BCUT2D eigenvalue weighted by Gasteiger charge is 2.07. The van der Waals surface area contributed by atoms with Gasteiger partial charge in [-0.25, -0.2) is 0 Å². The molecule has 0 saturated heterocycles. The van der Waals surface area contributed by atoms with Crippen molar-refractivity contribution in [3.05, 3.63) is 34.9 Å². The number of aliphatic hydroxyl groups excluding tert-OH is 1. The second-order valence-electron chi connectivity index (χ2n) is 4.68. The van der Waals surface area contributed by atoms with Crippen LogP contribution in [0.1, 0.15) is 19.4 Å². The van der Waals surface area contributed by atoms with Gasteiger partial charge in [0.15, 0.2) is 0 Å². The maximum Gasteiger partial charge on any atom is 0.0897 e. The van der Waals surface area contributed by atoms with E-state index in [1.165, 1.54) is 0 Å². The van der Waals surface area contributed by atoms with Crippen LogP contribution in [0, 0.1) is 0 Å². The van der Waals surface area contributed by atoms with Crippen molar-refractivity contribution >= 4 is 11.6 Å². The minimum absolute atomic E-state index is 0.149. The Labute approximate surface area is 126 Å². The molecule has 114 valence electrons. The summed E-state index contributed by atoms with van der Waals surface area (Å²) in [6.07, 6.45) is -0.387. The van der Waals surface area contributed by atoms with E-state index in [9.17, 15) is 5.11 Å². The highest BCUT2D eigenvalue weighted by Crippen LogP contribution is 2.15. The molecule has 1 aromatic carbocycles. The summed E-state index contributed by atoms with van der Waals surface area (Å²) in [5, 5.41) is 13.6. The van der Waals surface area contributed by atoms with Crippen LogP contribution in [0.4, 0.5) is 0 Å². The van der Waals surface area contributed by atoms with Gasteiger partial charge < -0.3 is 19.9 Å². The quantitative estimate of drug-likeness (QED) is 0.696. The molecule has 1 aromatic rings. The predicted octanol–water partition coefficient (Wildman–Crippen LogP) is 2.23. The Hall–Kier alpha value is -0.650. The van der Waals surface area contributed by atoms with Crippen molar-refractivity contribution < 1.29 is 14.6 Å². The first-order chi connectivity index (χ1) is 9.63. The van der Waals surface area contributed by atoms with Crippen molar-refractivity contribution in [2.45, 2.75) is 32.7 Å². The first-order valence-electron chi connectivity index (χ1n) is 6.95. The maximum absolute atomic E-state index is 9.78. The summed E-state index contributed by atoms with van der Waals surface area (Å²) >= 11 is 6.02. The van der Waals surface area contributed by atoms with Gasteiger partial charge in [0.2, 0.25) is 0 Å². The number of hydrogen-bond acceptors (Lipinski definition) is 4. The van der Waals surface area contributed by atoms with Gasteiger partial charge in [-0.1, -0.05) is 29.8 Å². The lowest BCUT2D eigenvalue weighted by molar-refractivity contribution is 0.0250. The lowest BCUT2D eigenvalue weighted by atomic mass is 10.2. The zero-order valence-corrected chi connectivity index (χ0v) is 12.9. The molecule has 0 heterocycles. The molecule has 0 bridgehead atoms. The minimum atomic E-state index is -0.536. The maximum atomic E-state index is 9.78. The number of halogens is 1. The average molecular weight is 302 g/mol. The summed E-state index contributed by atoms with van der Waals surface area (Å²) in [4.78, 5) is 0. The van der Waals surface area contributed by atoms with Gasteiger partial charge in [0.05, 0.1) is 25.4 Å². The molecule has 0 aliphatic heterocycles. The largest absolute Gasteiger partial charge is 0.389 e. The van der Waals surface area contributed by atoms with Crippen molar-refractivity contribution in [1.29, 1.82) is 0 Å². The first kappa shape index (κ1) is 17.4. The molecule has 20 heavy (non-hydrogen) atoms. The third kappa shape index (κ3) is 7.22. The van der Waals surface area contributed by atoms with E-state index in [2.05, 4.69) is 5.32 Å². The highest BCUT2D eigenvalue weighted by molar-refractivity contribution is 6.31. The smallest absolute Gasteiger partial charge is 0.0897 e. The van der Waals surface area contributed by atoms with E-state index in [-0.39, 0.29) is 12.7 Å². The van der Waals surface area contributed by atoms with Gasteiger partial charge in [-0.3, -0.25) is 0 Å². The van der Waals surface area contributed by atoms with Crippen molar-refractivity contribution in [3.8, 4) is 0 Å². The number of ether oxygens (including phenoxy) is 2. The zero-order chi connectivity index (χ0) is 14.8. The number of nitrogens with one attached hydrogen (secondary N) is 1. The zero-order valence-electron chi connectivity index (χ0n) is 12.1. The van der Waals surface area contributed by atoms with Gasteiger partial charge in [-0.2, -0.15) is 0 Å².